The van der Waals surface area contributed by atoms with Gasteiger partial charge in [-0.15, -0.1) is 0 Å². The van der Waals surface area contributed by atoms with Gasteiger partial charge in [0.1, 0.15) is 0 Å². The van der Waals surface area contributed by atoms with E-state index in [1.165, 1.54) is 58.4 Å². The van der Waals surface area contributed by atoms with Crippen molar-refractivity contribution in [2.45, 2.75) is 37.8 Å². The lowest BCUT2D eigenvalue weighted by Gasteiger charge is -2.32. The third-order valence-electron chi connectivity index (χ3n) is 4.15. The molecule has 4 nitrogen and oxygen atoms in total. The molecule has 0 aromatic carbocycles. The number of hydrogen-bond acceptors (Lipinski definition) is 4. The van der Waals surface area contributed by atoms with Gasteiger partial charge in [-0.2, -0.15) is 0 Å². The van der Waals surface area contributed by atoms with Crippen molar-refractivity contribution in [2.24, 2.45) is 5.73 Å². The molecule has 1 aliphatic carbocycles. The minimum atomic E-state index is 0.449. The number of nitrogens with zero attached hydrogens (tertiary/aromatic N) is 2. The van der Waals surface area contributed by atoms with Gasteiger partial charge in [0.15, 0.2) is 0 Å². The van der Waals surface area contributed by atoms with Gasteiger partial charge in [0.05, 0.1) is 0 Å². The van der Waals surface area contributed by atoms with Crippen LogP contribution in [0.4, 0.5) is 0 Å². The zero-order chi connectivity index (χ0) is 12.1. The first-order valence-corrected chi connectivity index (χ1v) is 7.14. The van der Waals surface area contributed by atoms with Crippen LogP contribution in [0.5, 0.6) is 0 Å². The molecule has 0 radical (unpaired) electrons. The number of piperazine rings is 1. The standard InChI is InChI=1S/C13H28N4/c1-16-7-9-17(10-8-16)6-2-5-15-13-4-3-12(14)11-13/h12-13,15H,2-11,14H2,1H3. The van der Waals surface area contributed by atoms with Gasteiger partial charge in [0.25, 0.3) is 0 Å². The maximum atomic E-state index is 5.91. The molecule has 2 aliphatic rings. The zero-order valence-corrected chi connectivity index (χ0v) is 11.2. The molecule has 3 N–H and O–H groups in total. The Labute approximate surface area is 106 Å². The second-order valence-corrected chi connectivity index (χ2v) is 5.72. The summed E-state index contributed by atoms with van der Waals surface area (Å²) in [6.07, 6.45) is 4.93. The fraction of sp³-hybridized carbons (Fsp3) is 1.00. The Morgan fingerprint density at radius 3 is 2.59 bits per heavy atom. The van der Waals surface area contributed by atoms with E-state index in [-0.39, 0.29) is 0 Å². The highest BCUT2D eigenvalue weighted by Gasteiger charge is 2.20. The molecule has 1 aliphatic heterocycles. The molecular weight excluding hydrogens is 212 g/mol. The van der Waals surface area contributed by atoms with Gasteiger partial charge in [-0.25, -0.2) is 0 Å². The van der Waals surface area contributed by atoms with Gasteiger partial charge in [-0.05, 0) is 45.8 Å². The van der Waals surface area contributed by atoms with Gasteiger partial charge in [-0.3, -0.25) is 0 Å². The smallest absolute Gasteiger partial charge is 0.0110 e. The van der Waals surface area contributed by atoms with E-state index in [2.05, 4.69) is 22.2 Å². The van der Waals surface area contributed by atoms with Crippen LogP contribution >= 0.6 is 0 Å². The lowest BCUT2D eigenvalue weighted by Crippen LogP contribution is -2.45. The monoisotopic (exact) mass is 240 g/mol. The molecule has 2 unspecified atom stereocenters. The number of likely N-dealkylation sites (N-methyl/N-ethyl adjacent to an activating group) is 1. The van der Waals surface area contributed by atoms with Crippen LogP contribution in [0.25, 0.3) is 0 Å². The van der Waals surface area contributed by atoms with Crippen LogP contribution in [-0.4, -0.2) is 68.2 Å². The van der Waals surface area contributed by atoms with Crippen molar-refractivity contribution in [3.8, 4) is 0 Å². The third kappa shape index (κ3) is 4.54. The molecule has 0 aromatic rings. The predicted molar refractivity (Wildman–Crippen MR) is 72.2 cm³/mol. The molecule has 2 fully saturated rings. The molecule has 1 saturated heterocycles. The van der Waals surface area contributed by atoms with E-state index in [0.717, 1.165) is 6.54 Å². The second kappa shape index (κ2) is 6.69. The Kier molecular flexibility index (Phi) is 5.22. The van der Waals surface area contributed by atoms with Crippen LogP contribution in [0.2, 0.25) is 0 Å². The summed E-state index contributed by atoms with van der Waals surface area (Å²) in [4.78, 5) is 5.00. The quantitative estimate of drug-likeness (QED) is 0.669. The minimum absolute atomic E-state index is 0.449. The summed E-state index contributed by atoms with van der Waals surface area (Å²) in [6.45, 7) is 7.34. The number of rotatable bonds is 5. The Bertz CT molecular complexity index is 213. The normalized spacial score (nSPS) is 32.1. The molecule has 4 heteroatoms. The summed E-state index contributed by atoms with van der Waals surface area (Å²) in [6, 6.07) is 1.14. The lowest BCUT2D eigenvalue weighted by molar-refractivity contribution is 0.152. The highest BCUT2D eigenvalue weighted by atomic mass is 15.2. The fourth-order valence-electron chi connectivity index (χ4n) is 2.88. The van der Waals surface area contributed by atoms with E-state index in [9.17, 15) is 0 Å². The molecule has 0 bridgehead atoms. The summed E-state index contributed by atoms with van der Waals surface area (Å²) >= 11 is 0. The average molecular weight is 240 g/mol. The van der Waals surface area contributed by atoms with E-state index in [1.54, 1.807) is 0 Å². The summed E-state index contributed by atoms with van der Waals surface area (Å²) in [5.74, 6) is 0. The van der Waals surface area contributed by atoms with Crippen LogP contribution in [0.1, 0.15) is 25.7 Å². The topological polar surface area (TPSA) is 44.5 Å². The van der Waals surface area contributed by atoms with Crippen molar-refractivity contribution < 1.29 is 0 Å². The van der Waals surface area contributed by atoms with Crippen molar-refractivity contribution in [2.75, 3.05) is 46.3 Å². The fourth-order valence-corrected chi connectivity index (χ4v) is 2.88. The van der Waals surface area contributed by atoms with Gasteiger partial charge in [-0.1, -0.05) is 0 Å². The molecular formula is C13H28N4. The van der Waals surface area contributed by atoms with Crippen LogP contribution < -0.4 is 11.1 Å². The number of nitrogens with two attached hydrogens (primary N) is 1. The largest absolute Gasteiger partial charge is 0.328 e. The third-order valence-corrected chi connectivity index (χ3v) is 4.15. The van der Waals surface area contributed by atoms with Crippen molar-refractivity contribution >= 4 is 0 Å². The van der Waals surface area contributed by atoms with Gasteiger partial charge in [0.2, 0.25) is 0 Å². The van der Waals surface area contributed by atoms with Crippen LogP contribution in [0.15, 0.2) is 0 Å². The Hall–Kier alpha value is -0.160. The Balaban J connectivity index is 1.49. The Morgan fingerprint density at radius 2 is 1.94 bits per heavy atom. The maximum absolute atomic E-state index is 5.91. The van der Waals surface area contributed by atoms with Crippen LogP contribution in [0, 0.1) is 0 Å². The van der Waals surface area contributed by atoms with E-state index in [1.807, 2.05) is 0 Å². The summed E-state index contributed by atoms with van der Waals surface area (Å²) in [5.41, 5.74) is 5.91. The molecule has 1 saturated carbocycles. The minimum Gasteiger partial charge on any atom is -0.328 e. The maximum Gasteiger partial charge on any atom is 0.0110 e. The molecule has 100 valence electrons. The number of hydrogen-bond donors (Lipinski definition) is 2. The summed E-state index contributed by atoms with van der Waals surface area (Å²) in [7, 11) is 2.21. The van der Waals surface area contributed by atoms with Crippen molar-refractivity contribution in [1.29, 1.82) is 0 Å². The summed E-state index contributed by atoms with van der Waals surface area (Å²) < 4.78 is 0. The highest BCUT2D eigenvalue weighted by Crippen LogP contribution is 2.16. The Morgan fingerprint density at radius 1 is 1.18 bits per heavy atom. The van der Waals surface area contributed by atoms with Gasteiger partial charge < -0.3 is 20.9 Å². The van der Waals surface area contributed by atoms with Gasteiger partial charge in [0, 0.05) is 38.3 Å². The SMILES string of the molecule is CN1CCN(CCCNC2CCC(N)C2)CC1. The predicted octanol–water partition coefficient (Wildman–Crippen LogP) is 0.0933. The average Bonchev–Trinajstić information content (AvgIpc) is 2.73. The highest BCUT2D eigenvalue weighted by molar-refractivity contribution is 4.82. The molecule has 0 aromatic heterocycles. The first-order valence-electron chi connectivity index (χ1n) is 7.14. The van der Waals surface area contributed by atoms with Crippen molar-refractivity contribution in [3.63, 3.8) is 0 Å². The summed E-state index contributed by atoms with van der Waals surface area (Å²) in [5, 5.41) is 3.64. The molecule has 2 rings (SSSR count). The first kappa shape index (κ1) is 13.3. The van der Waals surface area contributed by atoms with E-state index in [4.69, 9.17) is 5.73 Å². The van der Waals surface area contributed by atoms with Crippen molar-refractivity contribution in [1.82, 2.24) is 15.1 Å². The molecule has 17 heavy (non-hydrogen) atoms. The van der Waals surface area contributed by atoms with Crippen LogP contribution in [-0.2, 0) is 0 Å². The second-order valence-electron chi connectivity index (χ2n) is 5.72. The molecule has 2 atom stereocenters. The first-order chi connectivity index (χ1) is 8.24. The number of nitrogens with one attached hydrogen (secondary N) is 1. The lowest BCUT2D eigenvalue weighted by atomic mass is 10.2. The molecule has 0 spiro atoms. The molecule has 1 heterocycles. The van der Waals surface area contributed by atoms with Crippen LogP contribution in [0.3, 0.4) is 0 Å². The zero-order valence-electron chi connectivity index (χ0n) is 11.2. The van der Waals surface area contributed by atoms with E-state index >= 15 is 0 Å². The van der Waals surface area contributed by atoms with E-state index < -0.39 is 0 Å². The van der Waals surface area contributed by atoms with E-state index in [0.29, 0.717) is 12.1 Å². The van der Waals surface area contributed by atoms with Gasteiger partial charge >= 0.3 is 0 Å². The van der Waals surface area contributed by atoms with Crippen molar-refractivity contribution in [3.05, 3.63) is 0 Å². The molecule has 0 amide bonds.